The van der Waals surface area contributed by atoms with Gasteiger partial charge >= 0.3 is 0 Å². The van der Waals surface area contributed by atoms with Crippen LogP contribution in [0.15, 0.2) is 23.3 Å². The summed E-state index contributed by atoms with van der Waals surface area (Å²) < 4.78 is 5.52. The van der Waals surface area contributed by atoms with Gasteiger partial charge in [-0.3, -0.25) is 15.0 Å². The zero-order chi connectivity index (χ0) is 22.1. The Balaban J connectivity index is 1.72. The van der Waals surface area contributed by atoms with Crippen molar-refractivity contribution >= 4 is 17.1 Å². The number of aliphatic hydroxyl groups is 4. The molecule has 1 aliphatic heterocycles. The molecule has 0 aliphatic carbocycles. The van der Waals surface area contributed by atoms with Crippen molar-refractivity contribution in [3.63, 3.8) is 0 Å². The molecule has 0 aromatic heterocycles. The first kappa shape index (κ1) is 23.8. The topological polar surface area (TPSA) is 197 Å². The molecule has 13 heteroatoms. The number of piperidine rings is 1. The second-order valence-electron chi connectivity index (χ2n) is 6.83. The number of hydrogen-bond acceptors (Lipinski definition) is 10. The SMILES string of the molecule is [N-]=[N+]=Nc1ccc(NCCCOCCN2C[C@H](O)[C@@H](O)[C@H](O)[C@H]2CO)c([N+](=O)[O-])c1. The second-order valence-corrected chi connectivity index (χ2v) is 6.83. The zero-order valence-corrected chi connectivity index (χ0v) is 16.2. The van der Waals surface area contributed by atoms with Crippen molar-refractivity contribution in [2.75, 3.05) is 44.8 Å². The van der Waals surface area contributed by atoms with E-state index < -0.39 is 29.3 Å². The highest BCUT2D eigenvalue weighted by molar-refractivity contribution is 5.66. The lowest BCUT2D eigenvalue weighted by Gasteiger charge is -2.43. The number of hydrogen-bond donors (Lipinski definition) is 5. The first-order chi connectivity index (χ1) is 14.4. The molecule has 0 spiro atoms. The van der Waals surface area contributed by atoms with Gasteiger partial charge in [0.15, 0.2) is 0 Å². The second kappa shape index (κ2) is 11.6. The summed E-state index contributed by atoms with van der Waals surface area (Å²) in [4.78, 5) is 14.9. The molecular weight excluding hydrogens is 400 g/mol. The molecule has 166 valence electrons. The maximum atomic E-state index is 11.2. The fraction of sp³-hybridized carbons (Fsp3) is 0.647. The van der Waals surface area contributed by atoms with Gasteiger partial charge < -0.3 is 30.5 Å². The van der Waals surface area contributed by atoms with Crippen LogP contribution in [0.5, 0.6) is 0 Å². The van der Waals surface area contributed by atoms with Crippen LogP contribution in [0.4, 0.5) is 17.1 Å². The molecule has 0 saturated carbocycles. The van der Waals surface area contributed by atoms with Crippen LogP contribution in [0.25, 0.3) is 10.4 Å². The van der Waals surface area contributed by atoms with E-state index in [1.807, 2.05) is 0 Å². The van der Waals surface area contributed by atoms with E-state index in [-0.39, 0.29) is 31.1 Å². The van der Waals surface area contributed by atoms with Gasteiger partial charge in [0, 0.05) is 42.9 Å². The molecule has 5 N–H and O–H groups in total. The summed E-state index contributed by atoms with van der Waals surface area (Å²) >= 11 is 0. The number of nitro groups is 1. The van der Waals surface area contributed by atoms with Gasteiger partial charge in [0.2, 0.25) is 0 Å². The van der Waals surface area contributed by atoms with Crippen LogP contribution in [0, 0.1) is 10.1 Å². The van der Waals surface area contributed by atoms with Crippen molar-refractivity contribution in [2.45, 2.75) is 30.8 Å². The number of ether oxygens (including phenoxy) is 1. The number of likely N-dealkylation sites (tertiary alicyclic amines) is 1. The summed E-state index contributed by atoms with van der Waals surface area (Å²) in [6.07, 6.45) is -3.09. The first-order valence-corrected chi connectivity index (χ1v) is 9.43. The highest BCUT2D eigenvalue weighted by Gasteiger charge is 2.40. The van der Waals surface area contributed by atoms with Crippen LogP contribution in [0.3, 0.4) is 0 Å². The molecule has 30 heavy (non-hydrogen) atoms. The third kappa shape index (κ3) is 6.24. The molecule has 1 aromatic carbocycles. The zero-order valence-electron chi connectivity index (χ0n) is 16.2. The third-order valence-electron chi connectivity index (χ3n) is 4.86. The number of nitrogens with one attached hydrogen (secondary N) is 1. The largest absolute Gasteiger partial charge is 0.395 e. The normalized spacial score (nSPS) is 24.3. The van der Waals surface area contributed by atoms with Crippen LogP contribution in [0.1, 0.15) is 6.42 Å². The van der Waals surface area contributed by atoms with Crippen LogP contribution in [-0.4, -0.2) is 94.1 Å². The van der Waals surface area contributed by atoms with Crippen molar-refractivity contribution < 1.29 is 30.1 Å². The quantitative estimate of drug-likeness (QED) is 0.0814. The van der Waals surface area contributed by atoms with E-state index in [0.29, 0.717) is 31.8 Å². The number of aliphatic hydroxyl groups excluding tert-OH is 4. The molecular formula is C17H26N6O7. The third-order valence-corrected chi connectivity index (χ3v) is 4.86. The molecule has 0 bridgehead atoms. The van der Waals surface area contributed by atoms with Gasteiger partial charge in [-0.15, -0.1) is 0 Å². The summed E-state index contributed by atoms with van der Waals surface area (Å²) in [5, 5.41) is 56.2. The number of anilines is 1. The molecule has 0 amide bonds. The maximum absolute atomic E-state index is 11.2. The molecule has 2 rings (SSSR count). The minimum atomic E-state index is -1.30. The number of rotatable bonds is 11. The predicted octanol–water partition coefficient (Wildman–Crippen LogP) is 0.114. The Labute approximate surface area is 172 Å². The summed E-state index contributed by atoms with van der Waals surface area (Å²) in [7, 11) is 0. The van der Waals surface area contributed by atoms with Crippen LogP contribution in [-0.2, 0) is 4.74 Å². The minimum Gasteiger partial charge on any atom is -0.395 e. The molecule has 0 radical (unpaired) electrons. The van der Waals surface area contributed by atoms with E-state index >= 15 is 0 Å². The van der Waals surface area contributed by atoms with Crippen molar-refractivity contribution in [2.24, 2.45) is 5.11 Å². The molecule has 1 aromatic rings. The molecule has 1 fully saturated rings. The van der Waals surface area contributed by atoms with Crippen molar-refractivity contribution in [3.05, 3.63) is 38.8 Å². The van der Waals surface area contributed by atoms with Gasteiger partial charge in [-0.25, -0.2) is 0 Å². The van der Waals surface area contributed by atoms with Gasteiger partial charge in [0.05, 0.1) is 30.3 Å². The number of azide groups is 1. The smallest absolute Gasteiger partial charge is 0.292 e. The average Bonchev–Trinajstić information content (AvgIpc) is 2.72. The number of β-amino-alcohol motifs (C(OH)–C–C–N with tert-alkyl or cyclic N) is 1. The fourth-order valence-electron chi connectivity index (χ4n) is 3.25. The highest BCUT2D eigenvalue weighted by atomic mass is 16.6. The molecule has 0 unspecified atom stereocenters. The Kier molecular flexibility index (Phi) is 9.20. The number of benzene rings is 1. The number of nitro benzene ring substituents is 1. The summed E-state index contributed by atoms with van der Waals surface area (Å²) in [6.45, 7) is 1.17. The van der Waals surface area contributed by atoms with E-state index in [4.69, 9.17) is 10.3 Å². The van der Waals surface area contributed by atoms with Gasteiger partial charge in [-0.05, 0) is 18.0 Å². The average molecular weight is 426 g/mol. The molecule has 1 saturated heterocycles. The van der Waals surface area contributed by atoms with Gasteiger partial charge in [-0.1, -0.05) is 11.2 Å². The Hall–Kier alpha value is -2.51. The Morgan fingerprint density at radius 1 is 1.33 bits per heavy atom. The lowest BCUT2D eigenvalue weighted by atomic mass is 9.94. The molecule has 13 nitrogen and oxygen atoms in total. The molecule has 4 atom stereocenters. The number of nitrogens with zero attached hydrogens (tertiary/aromatic N) is 5. The van der Waals surface area contributed by atoms with Crippen molar-refractivity contribution in [1.82, 2.24) is 4.90 Å². The summed E-state index contributed by atoms with van der Waals surface area (Å²) in [6, 6.07) is 3.46. The van der Waals surface area contributed by atoms with E-state index in [9.17, 15) is 30.5 Å². The van der Waals surface area contributed by atoms with E-state index in [2.05, 4.69) is 15.3 Å². The maximum Gasteiger partial charge on any atom is 0.292 e. The monoisotopic (exact) mass is 426 g/mol. The Morgan fingerprint density at radius 2 is 2.10 bits per heavy atom. The van der Waals surface area contributed by atoms with Crippen LogP contribution in [0.2, 0.25) is 0 Å². The lowest BCUT2D eigenvalue weighted by Crippen LogP contribution is -2.62. The fourth-order valence-corrected chi connectivity index (χ4v) is 3.25. The van der Waals surface area contributed by atoms with E-state index in [0.717, 1.165) is 0 Å². The highest BCUT2D eigenvalue weighted by Crippen LogP contribution is 2.29. The molecule has 1 aliphatic rings. The van der Waals surface area contributed by atoms with Crippen LogP contribution >= 0.6 is 0 Å². The van der Waals surface area contributed by atoms with Crippen molar-refractivity contribution in [1.29, 1.82) is 0 Å². The lowest BCUT2D eigenvalue weighted by molar-refractivity contribution is -0.383. The predicted molar refractivity (Wildman–Crippen MR) is 106 cm³/mol. The summed E-state index contributed by atoms with van der Waals surface area (Å²) in [5.41, 5.74) is 8.68. The molecule has 1 heterocycles. The first-order valence-electron chi connectivity index (χ1n) is 9.43. The summed E-state index contributed by atoms with van der Waals surface area (Å²) in [5.74, 6) is 0. The minimum absolute atomic E-state index is 0.115. The standard InChI is InChI=1S/C17H26N6O7/c18-21-20-11-2-3-12(13(8-11)23(28)29)19-4-1-6-30-7-5-22-9-15(25)17(27)16(26)14(22)10-24/h2-3,8,14-17,19,24-27H,1,4-7,9-10H2/t14-,15+,16-,17-/m1/s1. The van der Waals surface area contributed by atoms with Gasteiger partial charge in [0.25, 0.3) is 5.69 Å². The van der Waals surface area contributed by atoms with Gasteiger partial charge in [-0.2, -0.15) is 0 Å². The van der Waals surface area contributed by atoms with Gasteiger partial charge in [0.1, 0.15) is 17.9 Å². The van der Waals surface area contributed by atoms with Crippen LogP contribution < -0.4 is 5.32 Å². The van der Waals surface area contributed by atoms with E-state index in [1.54, 1.807) is 4.90 Å². The Morgan fingerprint density at radius 3 is 2.77 bits per heavy atom. The Bertz CT molecular complexity index is 760. The van der Waals surface area contributed by atoms with E-state index in [1.165, 1.54) is 18.2 Å². The van der Waals surface area contributed by atoms with Crippen molar-refractivity contribution in [3.8, 4) is 0 Å².